The molecule has 0 aliphatic heterocycles. The smallest absolute Gasteiger partial charge is 0.274 e. The minimum Gasteiger partial charge on any atom is -0.380 e. The number of nitrogens with one attached hydrogen (secondary N) is 2. The number of benzene rings is 2. The summed E-state index contributed by atoms with van der Waals surface area (Å²) in [5, 5.41) is 8.53. The Balaban J connectivity index is 2.15. The van der Waals surface area contributed by atoms with Crippen LogP contribution in [0.2, 0.25) is 0 Å². The second-order valence-corrected chi connectivity index (χ2v) is 3.88. The molecular formula is C14H12N2O4. The van der Waals surface area contributed by atoms with E-state index in [1.54, 1.807) is 41.9 Å². The van der Waals surface area contributed by atoms with Gasteiger partial charge >= 0.3 is 0 Å². The van der Waals surface area contributed by atoms with Crippen molar-refractivity contribution in [2.45, 2.75) is 0 Å². The lowest BCUT2D eigenvalue weighted by atomic mass is 10.0. The maximum absolute atomic E-state index is 11.2. The van der Waals surface area contributed by atoms with E-state index >= 15 is 0 Å². The van der Waals surface area contributed by atoms with Gasteiger partial charge in [0.2, 0.25) is 6.41 Å². The van der Waals surface area contributed by atoms with E-state index in [1.807, 2.05) is 12.1 Å². The molecule has 0 saturated heterocycles. The minimum absolute atomic E-state index is 0.367. The van der Waals surface area contributed by atoms with Gasteiger partial charge in [0.1, 0.15) is 0 Å². The molecule has 0 unspecified atom stereocenters. The first-order chi connectivity index (χ1) is 9.74. The van der Waals surface area contributed by atoms with Crippen molar-refractivity contribution in [2.24, 2.45) is 0 Å². The summed E-state index contributed by atoms with van der Waals surface area (Å²) in [6.45, 7) is 0. The molecule has 0 bridgehead atoms. The van der Waals surface area contributed by atoms with Gasteiger partial charge in [0.25, 0.3) is 5.91 Å². The van der Waals surface area contributed by atoms with Crippen molar-refractivity contribution < 1.29 is 19.6 Å². The molecule has 0 radical (unpaired) electrons. The molecule has 2 aromatic carbocycles. The van der Waals surface area contributed by atoms with Gasteiger partial charge in [-0.15, -0.1) is 0 Å². The van der Waals surface area contributed by atoms with Crippen LogP contribution in [0.5, 0.6) is 5.75 Å². The first-order valence-corrected chi connectivity index (χ1v) is 5.75. The van der Waals surface area contributed by atoms with Crippen molar-refractivity contribution >= 4 is 12.3 Å². The highest BCUT2D eigenvalue weighted by Crippen LogP contribution is 2.22. The summed E-state index contributed by atoms with van der Waals surface area (Å²) in [6, 6.07) is 13.8. The highest BCUT2D eigenvalue weighted by Gasteiger charge is 2.04. The van der Waals surface area contributed by atoms with Crippen LogP contribution in [0.25, 0.3) is 11.1 Å². The molecule has 6 nitrogen and oxygen atoms in total. The third-order valence-corrected chi connectivity index (χ3v) is 2.66. The fourth-order valence-corrected chi connectivity index (χ4v) is 1.69. The van der Waals surface area contributed by atoms with E-state index in [0.29, 0.717) is 17.7 Å². The average molecular weight is 272 g/mol. The van der Waals surface area contributed by atoms with Crippen molar-refractivity contribution in [3.8, 4) is 16.9 Å². The Bertz CT molecular complexity index is 594. The van der Waals surface area contributed by atoms with E-state index in [2.05, 4.69) is 5.48 Å². The monoisotopic (exact) mass is 272 g/mol. The summed E-state index contributed by atoms with van der Waals surface area (Å²) in [5.41, 5.74) is 5.89. The molecule has 2 amide bonds. The zero-order valence-corrected chi connectivity index (χ0v) is 10.4. The number of rotatable bonds is 5. The van der Waals surface area contributed by atoms with Gasteiger partial charge in [-0.05, 0) is 35.4 Å². The number of hydrogen-bond donors (Lipinski definition) is 3. The van der Waals surface area contributed by atoms with Crippen LogP contribution in [0.4, 0.5) is 0 Å². The Morgan fingerprint density at radius 1 is 1.00 bits per heavy atom. The Kier molecular flexibility index (Phi) is 4.31. The van der Waals surface area contributed by atoms with E-state index in [1.165, 1.54) is 0 Å². The SMILES string of the molecule is O=CNOc1ccc(-c2ccc(C(=O)NO)cc2)cc1. The summed E-state index contributed by atoms with van der Waals surface area (Å²) in [6.07, 6.45) is 0.443. The van der Waals surface area contributed by atoms with Crippen LogP contribution in [-0.2, 0) is 4.79 Å². The predicted octanol–water partition coefficient (Wildman–Crippen LogP) is 1.51. The van der Waals surface area contributed by atoms with Crippen LogP contribution in [0, 0.1) is 0 Å². The number of hydrogen-bond acceptors (Lipinski definition) is 4. The lowest BCUT2D eigenvalue weighted by Gasteiger charge is -2.05. The van der Waals surface area contributed by atoms with E-state index in [0.717, 1.165) is 11.1 Å². The normalized spacial score (nSPS) is 9.65. The molecular weight excluding hydrogens is 260 g/mol. The standard InChI is InChI=1S/C14H12N2O4/c17-9-15-20-13-7-5-11(6-8-13)10-1-3-12(4-2-10)14(18)16-19/h1-9,19H,(H,15,17)(H,16,18). The maximum atomic E-state index is 11.2. The summed E-state index contributed by atoms with van der Waals surface area (Å²) in [4.78, 5) is 26.2. The molecule has 2 rings (SSSR count). The van der Waals surface area contributed by atoms with Crippen LogP contribution in [0.3, 0.4) is 0 Å². The molecule has 0 atom stereocenters. The first kappa shape index (κ1) is 13.6. The third-order valence-electron chi connectivity index (χ3n) is 2.66. The van der Waals surface area contributed by atoms with Crippen LogP contribution in [0.1, 0.15) is 10.4 Å². The molecule has 0 saturated carbocycles. The molecule has 102 valence electrons. The molecule has 0 spiro atoms. The van der Waals surface area contributed by atoms with Crippen LogP contribution in [-0.4, -0.2) is 17.5 Å². The number of hydroxylamine groups is 2. The van der Waals surface area contributed by atoms with E-state index in [4.69, 9.17) is 10.0 Å². The molecule has 0 aromatic heterocycles. The zero-order chi connectivity index (χ0) is 14.4. The first-order valence-electron chi connectivity index (χ1n) is 5.75. The Labute approximate surface area is 114 Å². The summed E-state index contributed by atoms with van der Waals surface area (Å²) < 4.78 is 0. The van der Waals surface area contributed by atoms with Crippen molar-refractivity contribution in [1.82, 2.24) is 11.0 Å². The fourth-order valence-electron chi connectivity index (χ4n) is 1.69. The predicted molar refractivity (Wildman–Crippen MR) is 71.0 cm³/mol. The molecule has 0 heterocycles. The second-order valence-electron chi connectivity index (χ2n) is 3.88. The Hall–Kier alpha value is -2.86. The van der Waals surface area contributed by atoms with Gasteiger partial charge in [0.15, 0.2) is 5.75 Å². The van der Waals surface area contributed by atoms with Gasteiger partial charge in [-0.25, -0.2) is 5.48 Å². The number of carbonyl (C=O) groups excluding carboxylic acids is 2. The highest BCUT2D eigenvalue weighted by atomic mass is 16.6. The molecule has 3 N–H and O–H groups in total. The van der Waals surface area contributed by atoms with E-state index in [-0.39, 0.29) is 0 Å². The average Bonchev–Trinajstić information content (AvgIpc) is 2.53. The number of carbonyl (C=O) groups is 2. The van der Waals surface area contributed by atoms with Crippen molar-refractivity contribution in [3.05, 3.63) is 54.1 Å². The van der Waals surface area contributed by atoms with Gasteiger partial charge in [0.05, 0.1) is 0 Å². The van der Waals surface area contributed by atoms with E-state index in [9.17, 15) is 9.59 Å². The number of amides is 2. The van der Waals surface area contributed by atoms with Crippen LogP contribution < -0.4 is 15.8 Å². The molecule has 2 aromatic rings. The highest BCUT2D eigenvalue weighted by molar-refractivity contribution is 5.93. The quantitative estimate of drug-likeness (QED) is 0.437. The second kappa shape index (κ2) is 6.35. The van der Waals surface area contributed by atoms with Gasteiger partial charge < -0.3 is 4.84 Å². The van der Waals surface area contributed by atoms with Crippen molar-refractivity contribution in [1.29, 1.82) is 0 Å². The molecule has 0 fully saturated rings. The maximum Gasteiger partial charge on any atom is 0.274 e. The molecule has 6 heteroatoms. The van der Waals surface area contributed by atoms with Gasteiger partial charge in [-0.1, -0.05) is 24.3 Å². The lowest BCUT2D eigenvalue weighted by Crippen LogP contribution is -2.18. The molecule has 20 heavy (non-hydrogen) atoms. The zero-order valence-electron chi connectivity index (χ0n) is 10.4. The Morgan fingerprint density at radius 2 is 1.55 bits per heavy atom. The van der Waals surface area contributed by atoms with Crippen LogP contribution in [0.15, 0.2) is 48.5 Å². The summed E-state index contributed by atoms with van der Waals surface area (Å²) in [7, 11) is 0. The van der Waals surface area contributed by atoms with E-state index < -0.39 is 5.91 Å². The molecule has 0 aliphatic rings. The largest absolute Gasteiger partial charge is 0.380 e. The summed E-state index contributed by atoms with van der Waals surface area (Å²) >= 11 is 0. The third kappa shape index (κ3) is 3.12. The summed E-state index contributed by atoms with van der Waals surface area (Å²) in [5.74, 6) is -0.0441. The Morgan fingerprint density at radius 3 is 2.05 bits per heavy atom. The van der Waals surface area contributed by atoms with Gasteiger partial charge in [-0.2, -0.15) is 5.48 Å². The van der Waals surface area contributed by atoms with Crippen molar-refractivity contribution in [3.63, 3.8) is 0 Å². The lowest BCUT2D eigenvalue weighted by molar-refractivity contribution is -0.115. The minimum atomic E-state index is -0.555. The van der Waals surface area contributed by atoms with Gasteiger partial charge in [0, 0.05) is 5.56 Å². The van der Waals surface area contributed by atoms with Gasteiger partial charge in [-0.3, -0.25) is 14.8 Å². The van der Waals surface area contributed by atoms with Crippen LogP contribution >= 0.6 is 0 Å². The fraction of sp³-hybridized carbons (Fsp3) is 0. The molecule has 0 aliphatic carbocycles. The van der Waals surface area contributed by atoms with Crippen molar-refractivity contribution in [2.75, 3.05) is 0 Å². The topological polar surface area (TPSA) is 87.7 Å².